The maximum Gasteiger partial charge on any atom is 0.164 e. The smallest absolute Gasteiger partial charge is 0.164 e. The molecule has 0 radical (unpaired) electrons. The lowest BCUT2D eigenvalue weighted by Crippen LogP contribution is -2.00. The molecule has 0 aliphatic heterocycles. The average Bonchev–Trinajstić information content (AvgIpc) is 1.57. The summed E-state index contributed by atoms with van der Waals surface area (Å²) >= 11 is 0. The van der Waals surface area contributed by atoms with Crippen LogP contribution in [0.25, 0.3) is 233 Å². The van der Waals surface area contributed by atoms with Gasteiger partial charge in [0.2, 0.25) is 0 Å². The molecule has 0 fully saturated rings. The molecule has 9 heteroatoms. The Hall–Kier alpha value is -15.5. The van der Waals surface area contributed by atoms with Gasteiger partial charge in [-0.2, -0.15) is 0 Å². The third-order valence-corrected chi connectivity index (χ3v) is 23.4. The van der Waals surface area contributed by atoms with Crippen molar-refractivity contribution in [3.63, 3.8) is 0 Å². The molecule has 0 unspecified atom stereocenters. The minimum atomic E-state index is 0.522. The first-order chi connectivity index (χ1) is 56.5. The van der Waals surface area contributed by atoms with Crippen molar-refractivity contribution in [3.05, 3.63) is 382 Å². The predicted molar refractivity (Wildman–Crippen MR) is 470 cm³/mol. The largest absolute Gasteiger partial charge is 0.456 e. The fraction of sp³-hybridized carbons (Fsp3) is 0. The third kappa shape index (κ3) is 9.82. The minimum Gasteiger partial charge on any atom is -0.456 e. The minimum absolute atomic E-state index is 0.522. The average molecular weight is 1450 g/mol. The SMILES string of the molecule is c1ccc(-c2nc(-c3cccc4oc5ccc(-c6ccc7c(c6)c6cc(-c8ccc9c(c8)c8ccccc8n9-c8ccccc8)ccc6n7-c6ccccc6)cc5c34)nc(-c3cccc4oc5ccc(-c6cccc7c6c6cc(-c8ccc9c(c8)c8ccccc8n9-c8ccccc8)ccc6n7-c6ccccc6)cc5c34)n2)cc1. The number of aromatic nitrogens is 7. The van der Waals surface area contributed by atoms with E-state index < -0.39 is 0 Å². The lowest BCUT2D eigenvalue weighted by atomic mass is 9.95. The van der Waals surface area contributed by atoms with Crippen LogP contribution in [-0.2, 0) is 0 Å². The second-order valence-electron chi connectivity index (χ2n) is 29.7. The van der Waals surface area contributed by atoms with Crippen LogP contribution >= 0.6 is 0 Å². The molecule has 24 rings (SSSR count). The van der Waals surface area contributed by atoms with Crippen LogP contribution in [0.15, 0.2) is 391 Å². The number of furan rings is 2. The summed E-state index contributed by atoms with van der Waals surface area (Å²) in [5.41, 5.74) is 28.1. The van der Waals surface area contributed by atoms with Crippen LogP contribution in [0.3, 0.4) is 0 Å². The summed E-state index contributed by atoms with van der Waals surface area (Å²) in [5, 5.41) is 13.3. The van der Waals surface area contributed by atoms with E-state index in [0.29, 0.717) is 17.5 Å². The first-order valence-corrected chi connectivity index (χ1v) is 38.7. The van der Waals surface area contributed by atoms with Gasteiger partial charge in [-0.05, 0) is 208 Å². The lowest BCUT2D eigenvalue weighted by Gasteiger charge is -2.10. The fourth-order valence-corrected chi connectivity index (χ4v) is 18.3. The van der Waals surface area contributed by atoms with Gasteiger partial charge in [-0.1, -0.05) is 218 Å². The highest BCUT2D eigenvalue weighted by atomic mass is 16.3. The molecule has 0 aliphatic rings. The standard InChI is InChI=1S/C105H63N7O2/c1-6-23-64(24-7-1)103-106-104(79-36-21-41-98-101(79)86-62-70(48-55-96(86)113-98)68-46-53-93-84(60-68)83-59-67(45-52-92(83)111(93)74-29-12-4-13-30-74)65-43-50-90-81(57-65)77-33-16-18-38-88(77)109(90)72-25-8-2-9-26-72)108-105(107-103)80-37-22-42-99-102(80)87-63-71(49-56-97(87)114-99)76-35-20-40-95-100(76)85-61-69(47-54-94(85)112(95)75-31-14-5-15-32-75)66-44-51-91-82(58-66)78-34-17-19-39-89(78)110(91)73-27-10-3-11-28-73/h1-63H. The Kier molecular flexibility index (Phi) is 13.9. The molecule has 24 aromatic rings. The molecule has 17 aromatic carbocycles. The number of hydrogen-bond acceptors (Lipinski definition) is 5. The van der Waals surface area contributed by atoms with E-state index in [1.807, 2.05) is 42.5 Å². The summed E-state index contributed by atoms with van der Waals surface area (Å²) in [6.07, 6.45) is 0. The van der Waals surface area contributed by atoms with Crippen molar-refractivity contribution in [3.8, 4) is 101 Å². The van der Waals surface area contributed by atoms with Crippen molar-refractivity contribution in [1.82, 2.24) is 33.2 Å². The van der Waals surface area contributed by atoms with E-state index in [1.54, 1.807) is 0 Å². The van der Waals surface area contributed by atoms with E-state index >= 15 is 0 Å². The van der Waals surface area contributed by atoms with Crippen LogP contribution in [0.5, 0.6) is 0 Å². The summed E-state index contributed by atoms with van der Waals surface area (Å²) in [4.78, 5) is 16.4. The molecular formula is C105H63N7O2. The van der Waals surface area contributed by atoms with Crippen LogP contribution in [-0.4, -0.2) is 33.2 Å². The number of nitrogens with zero attached hydrogens (tertiary/aromatic N) is 7. The zero-order valence-corrected chi connectivity index (χ0v) is 61.3. The van der Waals surface area contributed by atoms with Gasteiger partial charge >= 0.3 is 0 Å². The Balaban J connectivity index is 0.638. The van der Waals surface area contributed by atoms with Crippen molar-refractivity contribution in [2.24, 2.45) is 0 Å². The van der Waals surface area contributed by atoms with Gasteiger partial charge in [0.25, 0.3) is 0 Å². The molecule has 7 aromatic heterocycles. The van der Waals surface area contributed by atoms with Crippen molar-refractivity contribution in [1.29, 1.82) is 0 Å². The summed E-state index contributed by atoms with van der Waals surface area (Å²) < 4.78 is 23.3. The molecular weight excluding hydrogens is 1390 g/mol. The van der Waals surface area contributed by atoms with Crippen LogP contribution in [0.1, 0.15) is 0 Å². The quantitative estimate of drug-likeness (QED) is 0.129. The molecule has 0 saturated heterocycles. The Bertz CT molecular complexity index is 8090. The van der Waals surface area contributed by atoms with Crippen LogP contribution in [0.4, 0.5) is 0 Å². The fourth-order valence-electron chi connectivity index (χ4n) is 18.3. The van der Waals surface area contributed by atoms with E-state index in [0.717, 1.165) is 166 Å². The highest BCUT2D eigenvalue weighted by Gasteiger charge is 2.26. The maximum atomic E-state index is 6.88. The number of benzene rings is 17. The number of hydrogen-bond donors (Lipinski definition) is 0. The van der Waals surface area contributed by atoms with E-state index in [9.17, 15) is 0 Å². The first-order valence-electron chi connectivity index (χ1n) is 38.7. The zero-order chi connectivity index (χ0) is 74.6. The normalized spacial score (nSPS) is 12.0. The second-order valence-corrected chi connectivity index (χ2v) is 29.7. The van der Waals surface area contributed by atoms with E-state index in [4.69, 9.17) is 23.8 Å². The molecule has 0 spiro atoms. The molecule has 530 valence electrons. The third-order valence-electron chi connectivity index (χ3n) is 23.4. The van der Waals surface area contributed by atoms with Crippen LogP contribution in [0, 0.1) is 0 Å². The van der Waals surface area contributed by atoms with Crippen molar-refractivity contribution in [2.45, 2.75) is 0 Å². The van der Waals surface area contributed by atoms with E-state index in [1.165, 1.54) is 49.0 Å². The monoisotopic (exact) mass is 1450 g/mol. The first kappa shape index (κ1) is 63.5. The molecule has 0 N–H and O–H groups in total. The summed E-state index contributed by atoms with van der Waals surface area (Å²) in [6.45, 7) is 0. The van der Waals surface area contributed by atoms with Crippen molar-refractivity contribution in [2.75, 3.05) is 0 Å². The van der Waals surface area contributed by atoms with E-state index in [-0.39, 0.29) is 0 Å². The Morgan fingerprint density at radius 1 is 0.167 bits per heavy atom. The van der Waals surface area contributed by atoms with Crippen molar-refractivity contribution >= 4 is 131 Å². The molecule has 0 saturated carbocycles. The molecule has 9 nitrogen and oxygen atoms in total. The van der Waals surface area contributed by atoms with Crippen LogP contribution in [0.2, 0.25) is 0 Å². The molecule has 7 heterocycles. The topological polar surface area (TPSA) is 84.7 Å². The summed E-state index contributed by atoms with van der Waals surface area (Å²) in [6, 6.07) is 137. The van der Waals surface area contributed by atoms with Gasteiger partial charge in [0.15, 0.2) is 17.5 Å². The van der Waals surface area contributed by atoms with Gasteiger partial charge in [-0.25, -0.2) is 15.0 Å². The van der Waals surface area contributed by atoms with Gasteiger partial charge < -0.3 is 27.1 Å². The number of para-hydroxylation sites is 6. The van der Waals surface area contributed by atoms with Gasteiger partial charge in [0, 0.05) is 104 Å². The Morgan fingerprint density at radius 2 is 0.465 bits per heavy atom. The maximum absolute atomic E-state index is 6.88. The summed E-state index contributed by atoms with van der Waals surface area (Å²) in [5.74, 6) is 1.59. The highest BCUT2D eigenvalue weighted by molar-refractivity contribution is 6.21. The van der Waals surface area contributed by atoms with Gasteiger partial charge in [0.1, 0.15) is 22.3 Å². The van der Waals surface area contributed by atoms with Gasteiger partial charge in [-0.3, -0.25) is 0 Å². The van der Waals surface area contributed by atoms with Crippen LogP contribution < -0.4 is 0 Å². The van der Waals surface area contributed by atoms with Crippen molar-refractivity contribution < 1.29 is 8.83 Å². The Labute approximate surface area is 652 Å². The molecule has 0 amide bonds. The Morgan fingerprint density at radius 3 is 0.904 bits per heavy atom. The molecule has 0 atom stereocenters. The molecule has 0 aliphatic carbocycles. The lowest BCUT2D eigenvalue weighted by molar-refractivity contribution is 0.668. The number of fused-ring (bicyclic) bond motifs is 18. The molecule has 0 bridgehead atoms. The predicted octanol–water partition coefficient (Wildman–Crippen LogP) is 27.7. The van der Waals surface area contributed by atoms with Gasteiger partial charge in [-0.15, -0.1) is 0 Å². The van der Waals surface area contributed by atoms with E-state index in [2.05, 4.69) is 358 Å². The number of rotatable bonds is 11. The van der Waals surface area contributed by atoms with Gasteiger partial charge in [0.05, 0.1) is 44.1 Å². The highest BCUT2D eigenvalue weighted by Crippen LogP contribution is 2.47. The summed E-state index contributed by atoms with van der Waals surface area (Å²) in [7, 11) is 0. The molecule has 114 heavy (non-hydrogen) atoms. The second kappa shape index (κ2) is 25.0. The zero-order valence-electron chi connectivity index (χ0n) is 61.3.